The van der Waals surface area contributed by atoms with Crippen molar-refractivity contribution in [3.8, 4) is 10.6 Å². The molecule has 4 nitrogen and oxygen atoms in total. The number of amides is 1. The van der Waals surface area contributed by atoms with Gasteiger partial charge in [0.1, 0.15) is 15.7 Å². The molecule has 4 aromatic rings. The van der Waals surface area contributed by atoms with Crippen LogP contribution < -0.4 is 0 Å². The zero-order valence-electron chi connectivity index (χ0n) is 14.5. The number of thiophene rings is 1. The third kappa shape index (κ3) is 3.20. The van der Waals surface area contributed by atoms with Crippen molar-refractivity contribution in [1.82, 2.24) is 14.9 Å². The first kappa shape index (κ1) is 17.0. The van der Waals surface area contributed by atoms with E-state index in [9.17, 15) is 4.79 Å². The van der Waals surface area contributed by atoms with Crippen LogP contribution in [0.2, 0.25) is 0 Å². The quantitative estimate of drug-likeness (QED) is 0.425. The molecule has 4 heterocycles. The molecule has 0 spiro atoms. The van der Waals surface area contributed by atoms with Gasteiger partial charge in [-0.05, 0) is 42.8 Å². The smallest absolute Gasteiger partial charge is 0.273 e. The highest BCUT2D eigenvalue weighted by Gasteiger charge is 2.32. The molecule has 1 aliphatic heterocycles. The van der Waals surface area contributed by atoms with Gasteiger partial charge >= 0.3 is 0 Å². The summed E-state index contributed by atoms with van der Waals surface area (Å²) in [5.74, 6) is 0.0247. The minimum atomic E-state index is 0.0247. The molecule has 1 fully saturated rings. The monoisotopic (exact) mass is 411 g/mol. The van der Waals surface area contributed by atoms with Crippen LogP contribution in [0.15, 0.2) is 46.5 Å². The first-order valence-corrected chi connectivity index (χ1v) is 11.6. The van der Waals surface area contributed by atoms with Crippen LogP contribution in [0.1, 0.15) is 40.8 Å². The van der Waals surface area contributed by atoms with E-state index in [1.165, 1.54) is 16.0 Å². The van der Waals surface area contributed by atoms with E-state index in [-0.39, 0.29) is 11.9 Å². The Morgan fingerprint density at radius 1 is 1.11 bits per heavy atom. The van der Waals surface area contributed by atoms with Gasteiger partial charge in [-0.25, -0.2) is 9.97 Å². The van der Waals surface area contributed by atoms with Crippen molar-refractivity contribution < 1.29 is 4.79 Å². The summed E-state index contributed by atoms with van der Waals surface area (Å²) in [5, 5.41) is 7.94. The number of hydrogen-bond donors (Lipinski definition) is 0. The van der Waals surface area contributed by atoms with Gasteiger partial charge in [-0.15, -0.1) is 22.7 Å². The summed E-state index contributed by atoms with van der Waals surface area (Å²) < 4.78 is 1.18. The first-order valence-electron chi connectivity index (χ1n) is 8.94. The van der Waals surface area contributed by atoms with Crippen LogP contribution >= 0.6 is 34.0 Å². The van der Waals surface area contributed by atoms with Crippen molar-refractivity contribution in [2.24, 2.45) is 0 Å². The number of fused-ring (bicyclic) bond motifs is 1. The van der Waals surface area contributed by atoms with Gasteiger partial charge in [0.05, 0.1) is 16.3 Å². The van der Waals surface area contributed by atoms with Gasteiger partial charge in [-0.2, -0.15) is 11.3 Å². The number of piperidine rings is 1. The summed E-state index contributed by atoms with van der Waals surface area (Å²) in [5.41, 5.74) is 2.66. The number of thiazole rings is 2. The SMILES string of the molecule is O=C(c1csc(-c2ccsc2)n1)N1CCCCC1c1nc2ccccc2s1. The number of hydrogen-bond acceptors (Lipinski definition) is 6. The molecule has 1 unspecified atom stereocenters. The van der Waals surface area contributed by atoms with Gasteiger partial charge in [-0.3, -0.25) is 4.79 Å². The second kappa shape index (κ2) is 7.14. The van der Waals surface area contributed by atoms with Gasteiger partial charge < -0.3 is 4.90 Å². The molecular formula is C20H17N3OS3. The molecule has 0 bridgehead atoms. The van der Waals surface area contributed by atoms with Gasteiger partial charge in [0.2, 0.25) is 0 Å². The Morgan fingerprint density at radius 3 is 2.89 bits per heavy atom. The standard InChI is InChI=1S/C20H17N3OS3/c24-20(15-12-26-18(22-15)13-8-10-25-11-13)23-9-4-3-6-16(23)19-21-14-5-1-2-7-17(14)27-19/h1-2,5,7-8,10-12,16H,3-4,6,9H2. The molecule has 3 aromatic heterocycles. The predicted molar refractivity (Wildman–Crippen MR) is 113 cm³/mol. The van der Waals surface area contributed by atoms with Crippen LogP contribution in [-0.4, -0.2) is 27.3 Å². The number of nitrogens with zero attached hydrogens (tertiary/aromatic N) is 3. The average Bonchev–Trinajstić information content (AvgIpc) is 3.47. The molecule has 0 radical (unpaired) electrons. The largest absolute Gasteiger partial charge is 0.328 e. The summed E-state index contributed by atoms with van der Waals surface area (Å²) >= 11 is 4.88. The summed E-state index contributed by atoms with van der Waals surface area (Å²) in [6.45, 7) is 0.769. The lowest BCUT2D eigenvalue weighted by Crippen LogP contribution is -2.38. The zero-order valence-corrected chi connectivity index (χ0v) is 16.9. The molecule has 136 valence electrons. The molecule has 1 amide bonds. The Kier molecular flexibility index (Phi) is 4.51. The van der Waals surface area contributed by atoms with Gasteiger partial charge in [0.15, 0.2) is 0 Å². The molecule has 1 saturated heterocycles. The number of carbonyl (C=O) groups is 1. The minimum Gasteiger partial charge on any atom is -0.328 e. The average molecular weight is 412 g/mol. The maximum Gasteiger partial charge on any atom is 0.273 e. The molecule has 1 aromatic carbocycles. The number of rotatable bonds is 3. The summed E-state index contributed by atoms with van der Waals surface area (Å²) in [4.78, 5) is 24.6. The van der Waals surface area contributed by atoms with Crippen molar-refractivity contribution in [2.45, 2.75) is 25.3 Å². The molecule has 27 heavy (non-hydrogen) atoms. The number of carbonyl (C=O) groups excluding carboxylic acids is 1. The number of benzene rings is 1. The number of aromatic nitrogens is 2. The van der Waals surface area contributed by atoms with E-state index in [0.29, 0.717) is 5.69 Å². The van der Waals surface area contributed by atoms with E-state index in [0.717, 1.165) is 46.9 Å². The van der Waals surface area contributed by atoms with Gasteiger partial charge in [0, 0.05) is 22.9 Å². The molecule has 1 atom stereocenters. The van der Waals surface area contributed by atoms with E-state index in [2.05, 4.69) is 16.4 Å². The fourth-order valence-electron chi connectivity index (χ4n) is 3.50. The maximum absolute atomic E-state index is 13.2. The van der Waals surface area contributed by atoms with E-state index in [4.69, 9.17) is 4.98 Å². The van der Waals surface area contributed by atoms with E-state index in [1.54, 1.807) is 22.7 Å². The van der Waals surface area contributed by atoms with Crippen LogP contribution in [0.4, 0.5) is 0 Å². The third-order valence-corrected chi connectivity index (χ3v) is 7.56. The van der Waals surface area contributed by atoms with Crippen LogP contribution in [0.5, 0.6) is 0 Å². The Bertz CT molecular complexity index is 1050. The molecular weight excluding hydrogens is 394 g/mol. The van der Waals surface area contributed by atoms with Crippen molar-refractivity contribution in [1.29, 1.82) is 0 Å². The first-order chi connectivity index (χ1) is 13.3. The maximum atomic E-state index is 13.2. The predicted octanol–water partition coefficient (Wildman–Crippen LogP) is 5.85. The molecule has 0 aliphatic carbocycles. The normalized spacial score (nSPS) is 17.5. The van der Waals surface area contributed by atoms with Gasteiger partial charge in [-0.1, -0.05) is 12.1 Å². The number of likely N-dealkylation sites (tertiary alicyclic amines) is 1. The summed E-state index contributed by atoms with van der Waals surface area (Å²) in [6.07, 6.45) is 3.13. The molecule has 7 heteroatoms. The Labute approximate surface area is 169 Å². The lowest BCUT2D eigenvalue weighted by molar-refractivity contribution is 0.0606. The van der Waals surface area contributed by atoms with Crippen LogP contribution in [-0.2, 0) is 0 Å². The highest BCUT2D eigenvalue weighted by atomic mass is 32.1. The summed E-state index contributed by atoms with van der Waals surface area (Å²) in [6, 6.07) is 10.3. The minimum absolute atomic E-state index is 0.0247. The van der Waals surface area contributed by atoms with Crippen molar-refractivity contribution in [2.75, 3.05) is 6.54 Å². The molecule has 5 rings (SSSR count). The fourth-order valence-corrected chi connectivity index (χ4v) is 6.12. The highest BCUT2D eigenvalue weighted by Crippen LogP contribution is 2.37. The van der Waals surface area contributed by atoms with E-state index < -0.39 is 0 Å². The summed E-state index contributed by atoms with van der Waals surface area (Å²) in [7, 11) is 0. The Hall–Kier alpha value is -2.09. The zero-order chi connectivity index (χ0) is 18.2. The van der Waals surface area contributed by atoms with Crippen molar-refractivity contribution >= 4 is 50.1 Å². The van der Waals surface area contributed by atoms with Crippen LogP contribution in [0, 0.1) is 0 Å². The lowest BCUT2D eigenvalue weighted by atomic mass is 10.0. The second-order valence-corrected chi connectivity index (χ2v) is 9.28. The van der Waals surface area contributed by atoms with E-state index in [1.807, 2.05) is 39.9 Å². The van der Waals surface area contributed by atoms with Gasteiger partial charge in [0.25, 0.3) is 5.91 Å². The fraction of sp³-hybridized carbons (Fsp3) is 0.250. The van der Waals surface area contributed by atoms with Crippen LogP contribution in [0.25, 0.3) is 20.8 Å². The highest BCUT2D eigenvalue weighted by molar-refractivity contribution is 7.18. The van der Waals surface area contributed by atoms with Crippen molar-refractivity contribution in [3.05, 3.63) is 57.2 Å². The molecule has 0 saturated carbocycles. The second-order valence-electron chi connectivity index (χ2n) is 6.58. The van der Waals surface area contributed by atoms with Crippen molar-refractivity contribution in [3.63, 3.8) is 0 Å². The Morgan fingerprint density at radius 2 is 2.04 bits per heavy atom. The molecule has 0 N–H and O–H groups in total. The lowest BCUT2D eigenvalue weighted by Gasteiger charge is -2.34. The molecule has 1 aliphatic rings. The van der Waals surface area contributed by atoms with Crippen LogP contribution in [0.3, 0.4) is 0 Å². The number of para-hydroxylation sites is 1. The topological polar surface area (TPSA) is 46.1 Å². The Balaban J connectivity index is 1.45. The van der Waals surface area contributed by atoms with E-state index >= 15 is 0 Å². The third-order valence-electron chi connectivity index (χ3n) is 4.85.